The molecule has 0 unspecified atom stereocenters. The first-order valence-electron chi connectivity index (χ1n) is 11.0. The molecular weight excluding hydrogens is 424 g/mol. The Morgan fingerprint density at radius 3 is 2.52 bits per heavy atom. The number of nitrogens with zero attached hydrogens (tertiary/aromatic N) is 3. The molecule has 1 heterocycles. The number of phenolic OH excluding ortho intramolecular Hbond substituents is 1. The second-order valence-electron chi connectivity index (χ2n) is 9.78. The molecule has 3 aliphatic rings. The standard InChI is InChI=1S/C24H28N4O5/c1-10(29)16-21(31)20(28(4)5)13-9-11-8-12-14(27(2)3)6-7-15(30)18(12)19-17(11)22(26-25-19)24(13,33)23(16)32/h6-7,11,13,20,30-31,33H,8-9H2,1-5H3,(H,25,26)/t11-,13-,20-,24-/m0/s1. The van der Waals surface area contributed by atoms with Gasteiger partial charge < -0.3 is 20.2 Å². The van der Waals surface area contributed by atoms with Crippen molar-refractivity contribution in [3.8, 4) is 17.0 Å². The first-order chi connectivity index (χ1) is 15.5. The highest BCUT2D eigenvalue weighted by Gasteiger charge is 2.62. The Kier molecular flexibility index (Phi) is 4.54. The van der Waals surface area contributed by atoms with E-state index >= 15 is 0 Å². The molecule has 0 amide bonds. The van der Waals surface area contributed by atoms with Crippen molar-refractivity contribution in [2.75, 3.05) is 33.1 Å². The van der Waals surface area contributed by atoms with Crippen molar-refractivity contribution in [1.29, 1.82) is 0 Å². The number of aliphatic hydroxyl groups excluding tert-OH is 1. The highest BCUT2D eigenvalue weighted by Crippen LogP contribution is 2.58. The summed E-state index contributed by atoms with van der Waals surface area (Å²) in [5, 5.41) is 41.0. The highest BCUT2D eigenvalue weighted by molar-refractivity contribution is 6.23. The number of anilines is 1. The number of aliphatic hydroxyl groups is 2. The van der Waals surface area contributed by atoms with Gasteiger partial charge in [-0.15, -0.1) is 0 Å². The zero-order valence-electron chi connectivity index (χ0n) is 19.3. The van der Waals surface area contributed by atoms with Gasteiger partial charge in [-0.2, -0.15) is 5.10 Å². The molecule has 9 nitrogen and oxygen atoms in total. The van der Waals surface area contributed by atoms with E-state index in [1.807, 2.05) is 25.1 Å². The Balaban J connectivity index is 1.78. The molecular formula is C24H28N4O5. The van der Waals surface area contributed by atoms with Crippen LogP contribution in [0, 0.1) is 5.92 Å². The molecule has 0 spiro atoms. The molecule has 9 heteroatoms. The van der Waals surface area contributed by atoms with E-state index in [0.29, 0.717) is 29.7 Å². The van der Waals surface area contributed by atoms with Crippen LogP contribution in [0.1, 0.15) is 36.1 Å². The number of benzene rings is 1. The van der Waals surface area contributed by atoms with Crippen LogP contribution in [-0.2, 0) is 21.6 Å². The number of hydrogen-bond acceptors (Lipinski definition) is 8. The summed E-state index contributed by atoms with van der Waals surface area (Å²) in [5.74, 6) is -2.38. The zero-order valence-corrected chi connectivity index (χ0v) is 19.3. The van der Waals surface area contributed by atoms with E-state index in [9.17, 15) is 24.9 Å². The van der Waals surface area contributed by atoms with Crippen molar-refractivity contribution in [1.82, 2.24) is 15.1 Å². The Bertz CT molecular complexity index is 1240. The predicted molar refractivity (Wildman–Crippen MR) is 121 cm³/mol. The molecule has 33 heavy (non-hydrogen) atoms. The Morgan fingerprint density at radius 2 is 1.91 bits per heavy atom. The van der Waals surface area contributed by atoms with Gasteiger partial charge in [0.2, 0.25) is 5.78 Å². The molecule has 0 aliphatic heterocycles. The fourth-order valence-electron chi connectivity index (χ4n) is 6.18. The third kappa shape index (κ3) is 2.63. The number of carbonyl (C=O) groups excluding carboxylic acids is 2. The van der Waals surface area contributed by atoms with Crippen molar-refractivity contribution in [3.05, 3.63) is 40.3 Å². The van der Waals surface area contributed by atoms with Crippen LogP contribution in [0.3, 0.4) is 0 Å². The molecule has 1 aromatic carbocycles. The summed E-state index contributed by atoms with van der Waals surface area (Å²) in [6.45, 7) is 1.21. The van der Waals surface area contributed by atoms with E-state index in [1.54, 1.807) is 25.1 Å². The van der Waals surface area contributed by atoms with Gasteiger partial charge in [-0.1, -0.05) is 0 Å². The molecule has 0 fully saturated rings. The summed E-state index contributed by atoms with van der Waals surface area (Å²) in [4.78, 5) is 29.6. The number of rotatable bonds is 3. The largest absolute Gasteiger partial charge is 0.510 e. The van der Waals surface area contributed by atoms with Crippen LogP contribution in [0.2, 0.25) is 0 Å². The summed E-state index contributed by atoms with van der Waals surface area (Å²) < 4.78 is 0. The number of aromatic amines is 1. The number of H-pyrrole nitrogens is 1. The van der Waals surface area contributed by atoms with Crippen LogP contribution in [0.5, 0.6) is 5.75 Å². The number of Topliss-reactive ketones (excluding diaryl/α,β-unsaturated/α-hetero) is 2. The van der Waals surface area contributed by atoms with Crippen molar-refractivity contribution < 1.29 is 24.9 Å². The first kappa shape index (κ1) is 21.7. The van der Waals surface area contributed by atoms with Crippen LogP contribution < -0.4 is 4.90 Å². The van der Waals surface area contributed by atoms with Gasteiger partial charge in [0.05, 0.1) is 17.4 Å². The van der Waals surface area contributed by atoms with Crippen molar-refractivity contribution in [3.63, 3.8) is 0 Å². The smallest absolute Gasteiger partial charge is 0.207 e. The third-order valence-corrected chi connectivity index (χ3v) is 7.50. The second kappa shape index (κ2) is 6.91. The Hall–Kier alpha value is -3.17. The first-order valence-corrected chi connectivity index (χ1v) is 11.0. The average molecular weight is 453 g/mol. The Morgan fingerprint density at radius 1 is 1.21 bits per heavy atom. The van der Waals surface area contributed by atoms with Gasteiger partial charge in [-0.25, -0.2) is 0 Å². The minimum Gasteiger partial charge on any atom is -0.510 e. The van der Waals surface area contributed by atoms with E-state index in [4.69, 9.17) is 0 Å². The van der Waals surface area contributed by atoms with E-state index < -0.39 is 29.1 Å². The third-order valence-electron chi connectivity index (χ3n) is 7.50. The number of hydrogen-bond donors (Lipinski definition) is 4. The molecule has 5 rings (SSSR count). The second-order valence-corrected chi connectivity index (χ2v) is 9.78. The van der Waals surface area contributed by atoms with E-state index in [0.717, 1.165) is 11.3 Å². The lowest BCUT2D eigenvalue weighted by Gasteiger charge is -2.50. The molecule has 3 aliphatic carbocycles. The number of carbonyl (C=O) groups is 2. The summed E-state index contributed by atoms with van der Waals surface area (Å²) in [5.41, 5.74) is 1.56. The fourth-order valence-corrected chi connectivity index (χ4v) is 6.18. The number of likely N-dealkylation sites (N-methyl/N-ethyl adjacent to an activating group) is 1. The van der Waals surface area contributed by atoms with E-state index in [2.05, 4.69) is 10.2 Å². The number of aromatic hydroxyl groups is 1. The van der Waals surface area contributed by atoms with Crippen molar-refractivity contribution in [2.24, 2.45) is 5.92 Å². The lowest BCUT2D eigenvalue weighted by Crippen LogP contribution is -2.60. The average Bonchev–Trinajstić information content (AvgIpc) is 3.17. The maximum atomic E-state index is 13.5. The summed E-state index contributed by atoms with van der Waals surface area (Å²) in [7, 11) is 7.37. The minimum absolute atomic E-state index is 0.0839. The number of fused-ring (bicyclic) bond motifs is 4. The predicted octanol–water partition coefficient (Wildman–Crippen LogP) is 1.61. The van der Waals surface area contributed by atoms with Crippen LogP contribution in [0.15, 0.2) is 23.5 Å². The Labute approximate surface area is 191 Å². The lowest BCUT2D eigenvalue weighted by atomic mass is 9.58. The van der Waals surface area contributed by atoms with Crippen LogP contribution >= 0.6 is 0 Å². The summed E-state index contributed by atoms with van der Waals surface area (Å²) in [6, 6.07) is 2.77. The van der Waals surface area contributed by atoms with Gasteiger partial charge in [-0.3, -0.25) is 19.6 Å². The van der Waals surface area contributed by atoms with Gasteiger partial charge in [0.25, 0.3) is 0 Å². The molecule has 174 valence electrons. The molecule has 0 radical (unpaired) electrons. The fraction of sp³-hybridized carbons (Fsp3) is 0.458. The zero-order chi connectivity index (χ0) is 24.0. The number of aromatic nitrogens is 2. The number of nitrogens with one attached hydrogen (secondary N) is 1. The van der Waals surface area contributed by atoms with Gasteiger partial charge in [-0.05, 0) is 57.5 Å². The maximum Gasteiger partial charge on any atom is 0.207 e. The molecule has 4 N–H and O–H groups in total. The monoisotopic (exact) mass is 452 g/mol. The van der Waals surface area contributed by atoms with Gasteiger partial charge in [0.1, 0.15) is 17.1 Å². The number of phenols is 1. The molecule has 0 saturated heterocycles. The van der Waals surface area contributed by atoms with Crippen molar-refractivity contribution >= 4 is 17.3 Å². The topological polar surface area (TPSA) is 130 Å². The molecule has 4 atom stereocenters. The van der Waals surface area contributed by atoms with E-state index in [-0.39, 0.29) is 28.7 Å². The molecule has 0 saturated carbocycles. The molecule has 2 aromatic rings. The quantitative estimate of drug-likeness (QED) is 0.517. The summed E-state index contributed by atoms with van der Waals surface area (Å²) >= 11 is 0. The van der Waals surface area contributed by atoms with Crippen molar-refractivity contribution in [2.45, 2.75) is 37.3 Å². The van der Waals surface area contributed by atoms with Crippen LogP contribution in [0.4, 0.5) is 5.69 Å². The number of ketones is 2. The van der Waals surface area contributed by atoms with Gasteiger partial charge in [0, 0.05) is 36.8 Å². The van der Waals surface area contributed by atoms with E-state index in [1.165, 1.54) is 6.92 Å². The van der Waals surface area contributed by atoms with Gasteiger partial charge >= 0.3 is 0 Å². The highest BCUT2D eigenvalue weighted by atomic mass is 16.3. The van der Waals surface area contributed by atoms with Gasteiger partial charge in [0.15, 0.2) is 11.4 Å². The maximum absolute atomic E-state index is 13.5. The lowest BCUT2D eigenvalue weighted by molar-refractivity contribution is -0.152. The van der Waals surface area contributed by atoms with Crippen LogP contribution in [-0.4, -0.2) is 76.2 Å². The SMILES string of the molecule is CC(=O)C1=C(O)[C@@H](N(C)C)[C@@H]2C[C@@H]3Cc4c(N(C)C)ccc(O)c4-c4n[nH]c(c43)[C@]2(O)C1=O. The molecule has 0 bridgehead atoms. The minimum atomic E-state index is -2.04. The normalized spacial score (nSPS) is 27.8. The molecule has 1 aromatic heterocycles. The summed E-state index contributed by atoms with van der Waals surface area (Å²) in [6.07, 6.45) is 0.990. The van der Waals surface area contributed by atoms with Crippen LogP contribution in [0.25, 0.3) is 11.3 Å².